The zero-order valence-electron chi connectivity index (χ0n) is 12.8. The van der Waals surface area contributed by atoms with Gasteiger partial charge in [-0.3, -0.25) is 4.79 Å². The van der Waals surface area contributed by atoms with E-state index >= 15 is 0 Å². The molecule has 0 fully saturated rings. The van der Waals surface area contributed by atoms with E-state index in [1.54, 1.807) is 30.4 Å². The van der Waals surface area contributed by atoms with E-state index in [4.69, 9.17) is 9.15 Å². The van der Waals surface area contributed by atoms with Gasteiger partial charge in [-0.25, -0.2) is 4.79 Å². The number of carbonyl (C=O) groups excluding carboxylic acids is 1. The summed E-state index contributed by atoms with van der Waals surface area (Å²) in [6.45, 7) is 0. The van der Waals surface area contributed by atoms with E-state index in [1.165, 1.54) is 0 Å². The summed E-state index contributed by atoms with van der Waals surface area (Å²) in [7, 11) is 0. The number of rotatable bonds is 2. The van der Waals surface area contributed by atoms with Gasteiger partial charge >= 0.3 is 11.6 Å². The molecule has 0 spiro atoms. The second-order valence-corrected chi connectivity index (χ2v) is 5.73. The van der Waals surface area contributed by atoms with Crippen molar-refractivity contribution in [1.82, 2.24) is 0 Å². The average molecular weight is 318 g/mol. The average Bonchev–Trinajstić information content (AvgIpc) is 2.60. The molecule has 1 aliphatic rings. The highest BCUT2D eigenvalue weighted by molar-refractivity contribution is 5.82. The molecular formula is C20H14O4. The molecule has 4 rings (SSSR count). The molecule has 118 valence electrons. The SMILES string of the molecule is O=C1Oc2ccccc2CC1/C=C/c1cc2ccccc2oc1=O. The molecule has 1 atom stereocenters. The van der Waals surface area contributed by atoms with Gasteiger partial charge in [-0.2, -0.15) is 0 Å². The van der Waals surface area contributed by atoms with E-state index < -0.39 is 11.5 Å². The minimum Gasteiger partial charge on any atom is -0.426 e. The van der Waals surface area contributed by atoms with Crippen LogP contribution in [-0.2, 0) is 11.2 Å². The summed E-state index contributed by atoms with van der Waals surface area (Å²) < 4.78 is 10.6. The second-order valence-electron chi connectivity index (χ2n) is 5.73. The minimum absolute atomic E-state index is 0.310. The Morgan fingerprint density at radius 2 is 1.79 bits per heavy atom. The summed E-state index contributed by atoms with van der Waals surface area (Å²) in [4.78, 5) is 24.2. The standard InChI is InChI=1S/C20H14O4/c21-19-15(11-13-5-1-3-7-17(13)23-19)9-10-16-12-14-6-2-4-8-18(14)24-20(16)22/h1-11,16H,12H2/b10-9+. The van der Waals surface area contributed by atoms with Crippen molar-refractivity contribution in [3.05, 3.63) is 82.2 Å². The molecule has 24 heavy (non-hydrogen) atoms. The zero-order chi connectivity index (χ0) is 16.5. The highest BCUT2D eigenvalue weighted by atomic mass is 16.5. The smallest absolute Gasteiger partial charge is 0.343 e. The van der Waals surface area contributed by atoms with E-state index in [0.29, 0.717) is 23.3 Å². The lowest BCUT2D eigenvalue weighted by Crippen LogP contribution is -2.26. The Morgan fingerprint density at radius 1 is 1.00 bits per heavy atom. The van der Waals surface area contributed by atoms with Gasteiger partial charge < -0.3 is 9.15 Å². The van der Waals surface area contributed by atoms with E-state index in [9.17, 15) is 9.59 Å². The first kappa shape index (κ1) is 14.5. The molecule has 0 saturated heterocycles. The summed E-state index contributed by atoms with van der Waals surface area (Å²) >= 11 is 0. The molecule has 0 radical (unpaired) electrons. The Morgan fingerprint density at radius 3 is 2.71 bits per heavy atom. The van der Waals surface area contributed by atoms with Crippen LogP contribution in [0.1, 0.15) is 11.1 Å². The fourth-order valence-corrected chi connectivity index (χ4v) is 2.84. The topological polar surface area (TPSA) is 56.5 Å². The van der Waals surface area contributed by atoms with Crippen LogP contribution in [0.15, 0.2) is 69.9 Å². The Balaban J connectivity index is 1.65. The highest BCUT2D eigenvalue weighted by Gasteiger charge is 2.25. The number of fused-ring (bicyclic) bond motifs is 2. The molecule has 3 aromatic rings. The van der Waals surface area contributed by atoms with Gasteiger partial charge in [0.2, 0.25) is 0 Å². The van der Waals surface area contributed by atoms with Gasteiger partial charge in [-0.05, 0) is 30.2 Å². The van der Waals surface area contributed by atoms with Crippen molar-refractivity contribution in [2.75, 3.05) is 0 Å². The van der Waals surface area contributed by atoms with Crippen LogP contribution in [0.25, 0.3) is 17.0 Å². The quantitative estimate of drug-likeness (QED) is 0.412. The number of hydrogen-bond donors (Lipinski definition) is 0. The van der Waals surface area contributed by atoms with Gasteiger partial charge in [0.05, 0.1) is 11.5 Å². The van der Waals surface area contributed by atoms with Crippen LogP contribution in [-0.4, -0.2) is 5.97 Å². The number of esters is 1. The maximum absolute atomic E-state index is 12.1. The van der Waals surface area contributed by atoms with Crippen LogP contribution in [0.2, 0.25) is 0 Å². The van der Waals surface area contributed by atoms with Crippen LogP contribution in [0.3, 0.4) is 0 Å². The van der Waals surface area contributed by atoms with Crippen LogP contribution >= 0.6 is 0 Å². The van der Waals surface area contributed by atoms with Gasteiger partial charge in [0.1, 0.15) is 11.3 Å². The molecule has 1 unspecified atom stereocenters. The molecule has 0 aliphatic carbocycles. The van der Waals surface area contributed by atoms with Gasteiger partial charge in [0, 0.05) is 5.39 Å². The highest BCUT2D eigenvalue weighted by Crippen LogP contribution is 2.28. The van der Waals surface area contributed by atoms with Crippen molar-refractivity contribution in [3.8, 4) is 5.75 Å². The van der Waals surface area contributed by atoms with Gasteiger partial charge in [-0.1, -0.05) is 48.6 Å². The molecule has 0 amide bonds. The number of para-hydroxylation sites is 2. The minimum atomic E-state index is -0.422. The van der Waals surface area contributed by atoms with Crippen molar-refractivity contribution in [1.29, 1.82) is 0 Å². The molecule has 0 bridgehead atoms. The fourth-order valence-electron chi connectivity index (χ4n) is 2.84. The van der Waals surface area contributed by atoms with Crippen molar-refractivity contribution < 1.29 is 13.9 Å². The maximum atomic E-state index is 12.1. The predicted octanol–water partition coefficient (Wildman–Crippen LogP) is 3.58. The van der Waals surface area contributed by atoms with Gasteiger partial charge in [0.15, 0.2) is 0 Å². The van der Waals surface area contributed by atoms with Crippen LogP contribution in [0, 0.1) is 5.92 Å². The summed E-state index contributed by atoms with van der Waals surface area (Å²) in [5, 5.41) is 0.841. The van der Waals surface area contributed by atoms with E-state index in [0.717, 1.165) is 10.9 Å². The van der Waals surface area contributed by atoms with Crippen LogP contribution < -0.4 is 10.4 Å². The van der Waals surface area contributed by atoms with E-state index in [1.807, 2.05) is 36.4 Å². The maximum Gasteiger partial charge on any atom is 0.343 e. The lowest BCUT2D eigenvalue weighted by molar-refractivity contribution is -0.138. The first-order valence-electron chi connectivity index (χ1n) is 7.71. The Labute approximate surface area is 138 Å². The number of carbonyl (C=O) groups is 1. The summed E-state index contributed by atoms with van der Waals surface area (Å²) in [5.74, 6) is -0.113. The molecule has 2 heterocycles. The van der Waals surface area contributed by atoms with E-state index in [2.05, 4.69) is 0 Å². The van der Waals surface area contributed by atoms with Gasteiger partial charge in [-0.15, -0.1) is 0 Å². The van der Waals surface area contributed by atoms with Crippen molar-refractivity contribution in [2.45, 2.75) is 6.42 Å². The fraction of sp³-hybridized carbons (Fsp3) is 0.100. The number of benzene rings is 2. The Kier molecular flexibility index (Phi) is 3.50. The van der Waals surface area contributed by atoms with Crippen molar-refractivity contribution >= 4 is 23.0 Å². The number of hydrogen-bond acceptors (Lipinski definition) is 4. The van der Waals surface area contributed by atoms with E-state index in [-0.39, 0.29) is 5.97 Å². The molecule has 0 N–H and O–H groups in total. The predicted molar refractivity (Wildman–Crippen MR) is 90.8 cm³/mol. The molecule has 2 aromatic carbocycles. The first-order chi connectivity index (χ1) is 11.7. The second kappa shape index (κ2) is 5.81. The molecule has 4 nitrogen and oxygen atoms in total. The third-order valence-corrected chi connectivity index (χ3v) is 4.10. The number of ether oxygens (including phenoxy) is 1. The summed E-state index contributed by atoms with van der Waals surface area (Å²) in [6, 6.07) is 16.6. The van der Waals surface area contributed by atoms with Crippen LogP contribution in [0.5, 0.6) is 5.75 Å². The molecular weight excluding hydrogens is 304 g/mol. The van der Waals surface area contributed by atoms with Crippen LogP contribution in [0.4, 0.5) is 0 Å². The zero-order valence-corrected chi connectivity index (χ0v) is 12.8. The molecule has 4 heteroatoms. The molecule has 0 saturated carbocycles. The normalized spacial score (nSPS) is 17.0. The monoisotopic (exact) mass is 318 g/mol. The summed E-state index contributed by atoms with van der Waals surface area (Å²) in [6.07, 6.45) is 3.90. The molecule has 1 aliphatic heterocycles. The van der Waals surface area contributed by atoms with Crippen molar-refractivity contribution in [3.63, 3.8) is 0 Å². The largest absolute Gasteiger partial charge is 0.426 e. The Hall–Kier alpha value is -3.14. The summed E-state index contributed by atoms with van der Waals surface area (Å²) in [5.41, 5.74) is 1.53. The Bertz CT molecular complexity index is 1010. The molecule has 1 aromatic heterocycles. The first-order valence-corrected chi connectivity index (χ1v) is 7.71. The third kappa shape index (κ3) is 2.63. The van der Waals surface area contributed by atoms with Crippen molar-refractivity contribution in [2.24, 2.45) is 5.92 Å². The third-order valence-electron chi connectivity index (χ3n) is 4.10. The lowest BCUT2D eigenvalue weighted by Gasteiger charge is -2.20. The van der Waals surface area contributed by atoms with Gasteiger partial charge in [0.25, 0.3) is 0 Å². The lowest BCUT2D eigenvalue weighted by atomic mass is 9.95.